The maximum atomic E-state index is 13.0. The van der Waals surface area contributed by atoms with Crippen molar-refractivity contribution in [3.63, 3.8) is 0 Å². The van der Waals surface area contributed by atoms with Crippen molar-refractivity contribution in [1.29, 1.82) is 0 Å². The molecule has 0 unspecified atom stereocenters. The number of rotatable bonds is 14. The minimum Gasteiger partial charge on any atom is -0.461 e. The van der Waals surface area contributed by atoms with Crippen LogP contribution in [0.25, 0.3) is 44.6 Å². The number of hydrogen-bond acceptors (Lipinski definition) is 8. The summed E-state index contributed by atoms with van der Waals surface area (Å²) in [6.07, 6.45) is 1.86. The summed E-state index contributed by atoms with van der Waals surface area (Å²) in [4.78, 5) is 37.6. The van der Waals surface area contributed by atoms with Gasteiger partial charge in [0.1, 0.15) is 24.9 Å². The molecule has 2 heterocycles. The Balaban J connectivity index is 1.22. The fourth-order valence-corrected chi connectivity index (χ4v) is 6.59. The smallest absolute Gasteiger partial charge is 0.338 e. The lowest BCUT2D eigenvalue weighted by Crippen LogP contribution is -2.10. The average molecular weight is 664 g/mol. The van der Waals surface area contributed by atoms with E-state index in [2.05, 4.69) is 65.2 Å². The van der Waals surface area contributed by atoms with Crippen LogP contribution in [0.2, 0.25) is 0 Å². The van der Waals surface area contributed by atoms with E-state index in [0.29, 0.717) is 23.6 Å². The Hall–Kier alpha value is -5.16. The van der Waals surface area contributed by atoms with Crippen molar-refractivity contribution in [3.05, 3.63) is 118 Å². The van der Waals surface area contributed by atoms with Gasteiger partial charge in [0.15, 0.2) is 0 Å². The molecule has 0 bridgehead atoms. The Kier molecular flexibility index (Phi) is 10.1. The average Bonchev–Trinajstić information content (AvgIpc) is 3.61. The maximum Gasteiger partial charge on any atom is 0.338 e. The van der Waals surface area contributed by atoms with E-state index in [1.807, 2.05) is 48.5 Å². The molecule has 48 heavy (non-hydrogen) atoms. The minimum atomic E-state index is -0.810. The molecular weight excluding hydrogens is 627 g/mol. The Labute approximate surface area is 282 Å². The summed E-state index contributed by atoms with van der Waals surface area (Å²) in [5, 5.41) is 9.45. The van der Waals surface area contributed by atoms with Crippen LogP contribution in [0, 0.1) is 17.0 Å². The van der Waals surface area contributed by atoms with Gasteiger partial charge in [-0.1, -0.05) is 61.5 Å². The van der Waals surface area contributed by atoms with Crippen molar-refractivity contribution in [3.8, 4) is 22.5 Å². The van der Waals surface area contributed by atoms with Crippen molar-refractivity contribution in [2.24, 2.45) is 7.05 Å². The van der Waals surface area contributed by atoms with Crippen LogP contribution in [-0.2, 0) is 29.6 Å². The highest BCUT2D eigenvalue weighted by atomic mass is 32.2. The minimum absolute atomic E-state index is 0.00467. The zero-order valence-electron chi connectivity index (χ0n) is 27.2. The monoisotopic (exact) mass is 663 g/mol. The number of carbonyl (C=O) groups is 1. The van der Waals surface area contributed by atoms with Gasteiger partial charge in [0, 0.05) is 37.1 Å². The number of aryl methyl sites for hydroxylation is 3. The standard InChI is InChI=1S/C37H37N5O5S/c1-4-9-34-39-35-25(2)22-28(36-38-31-12-7-8-13-32(31)40(36)3)23-33(35)41(34)24-26-14-16-27(17-15-26)29-10-5-6-11-30(29)37(43)46-18-20-48-21-19-47-42(44)45/h5-8,10-17,22-23H,4,9,18-21,24H2,1-3H3. The number of aromatic nitrogens is 4. The predicted molar refractivity (Wildman–Crippen MR) is 190 cm³/mol. The zero-order valence-corrected chi connectivity index (χ0v) is 28.0. The molecule has 4 aromatic carbocycles. The molecule has 2 aromatic heterocycles. The maximum absolute atomic E-state index is 13.0. The van der Waals surface area contributed by atoms with Crippen molar-refractivity contribution in [2.45, 2.75) is 33.2 Å². The van der Waals surface area contributed by atoms with Gasteiger partial charge in [0.2, 0.25) is 0 Å². The van der Waals surface area contributed by atoms with E-state index in [-0.39, 0.29) is 13.2 Å². The van der Waals surface area contributed by atoms with Crippen LogP contribution >= 0.6 is 11.8 Å². The largest absolute Gasteiger partial charge is 0.461 e. The fraction of sp³-hybridized carbons (Fsp3) is 0.270. The van der Waals surface area contributed by atoms with E-state index in [4.69, 9.17) is 14.7 Å². The molecule has 0 saturated carbocycles. The van der Waals surface area contributed by atoms with Crippen LogP contribution in [0.4, 0.5) is 0 Å². The van der Waals surface area contributed by atoms with E-state index < -0.39 is 11.1 Å². The van der Waals surface area contributed by atoms with Gasteiger partial charge in [0.05, 0.1) is 27.6 Å². The van der Waals surface area contributed by atoms with Crippen LogP contribution in [-0.4, -0.2) is 54.9 Å². The molecule has 6 rings (SSSR count). The number of imidazole rings is 2. The number of thioether (sulfide) groups is 1. The fourth-order valence-electron chi connectivity index (χ4n) is 5.99. The van der Waals surface area contributed by atoms with Crippen LogP contribution in [0.1, 0.15) is 40.7 Å². The molecule has 0 N–H and O–H groups in total. The first-order valence-electron chi connectivity index (χ1n) is 16.0. The number of benzene rings is 4. The first-order chi connectivity index (χ1) is 23.3. The lowest BCUT2D eigenvalue weighted by molar-refractivity contribution is -0.756. The number of para-hydroxylation sites is 2. The van der Waals surface area contributed by atoms with E-state index in [0.717, 1.165) is 74.4 Å². The molecule has 0 aliphatic carbocycles. The lowest BCUT2D eigenvalue weighted by Gasteiger charge is -2.13. The van der Waals surface area contributed by atoms with Gasteiger partial charge in [-0.3, -0.25) is 0 Å². The molecule has 0 atom stereocenters. The molecule has 6 aromatic rings. The summed E-state index contributed by atoms with van der Waals surface area (Å²) < 4.78 is 9.98. The summed E-state index contributed by atoms with van der Waals surface area (Å²) in [5.41, 5.74) is 9.66. The highest BCUT2D eigenvalue weighted by Gasteiger charge is 2.18. The molecule has 10 nitrogen and oxygen atoms in total. The Morgan fingerprint density at radius 1 is 0.917 bits per heavy atom. The first-order valence-corrected chi connectivity index (χ1v) is 17.1. The van der Waals surface area contributed by atoms with Crippen molar-refractivity contribution in [2.75, 3.05) is 24.7 Å². The molecule has 0 spiro atoms. The van der Waals surface area contributed by atoms with Crippen molar-refractivity contribution >= 4 is 39.8 Å². The molecule has 0 radical (unpaired) electrons. The first kappa shape index (κ1) is 32.8. The Morgan fingerprint density at radius 3 is 2.44 bits per heavy atom. The quantitative estimate of drug-likeness (QED) is 0.0505. The Morgan fingerprint density at radius 2 is 1.67 bits per heavy atom. The second-order valence-electron chi connectivity index (χ2n) is 11.6. The summed E-state index contributed by atoms with van der Waals surface area (Å²) in [5.74, 6) is 2.54. The number of carbonyl (C=O) groups excluding carboxylic acids is 1. The van der Waals surface area contributed by atoms with Gasteiger partial charge in [-0.15, -0.1) is 10.1 Å². The molecular formula is C37H37N5O5S. The normalized spacial score (nSPS) is 11.3. The number of fused-ring (bicyclic) bond motifs is 2. The predicted octanol–water partition coefficient (Wildman–Crippen LogP) is 7.66. The second kappa shape index (κ2) is 14.7. The molecule has 0 aliphatic rings. The summed E-state index contributed by atoms with van der Waals surface area (Å²) >= 11 is 1.42. The highest BCUT2D eigenvalue weighted by molar-refractivity contribution is 7.99. The SMILES string of the molecule is CCCc1nc2c(C)cc(-c3nc4ccccc4n3C)cc2n1Cc1ccc(-c2ccccc2C(=O)OCCSCCO[N+](=O)[O-])cc1. The summed E-state index contributed by atoms with van der Waals surface area (Å²) in [6, 6.07) is 28.3. The number of esters is 1. The Bertz CT molecular complexity index is 2090. The molecule has 0 aliphatic heterocycles. The third-order valence-corrected chi connectivity index (χ3v) is 9.19. The third-order valence-electron chi connectivity index (χ3n) is 8.28. The molecule has 0 fully saturated rings. The van der Waals surface area contributed by atoms with Gasteiger partial charge in [0.25, 0.3) is 5.09 Å². The van der Waals surface area contributed by atoms with Gasteiger partial charge in [-0.05, 0) is 65.9 Å². The van der Waals surface area contributed by atoms with Gasteiger partial charge < -0.3 is 18.7 Å². The van der Waals surface area contributed by atoms with Crippen LogP contribution in [0.15, 0.2) is 84.9 Å². The zero-order chi connectivity index (χ0) is 33.6. The highest BCUT2D eigenvalue weighted by Crippen LogP contribution is 2.31. The topological polar surface area (TPSA) is 114 Å². The van der Waals surface area contributed by atoms with Crippen molar-refractivity contribution < 1.29 is 19.5 Å². The number of nitrogens with zero attached hydrogens (tertiary/aromatic N) is 5. The lowest BCUT2D eigenvalue weighted by atomic mass is 9.98. The summed E-state index contributed by atoms with van der Waals surface area (Å²) in [6.45, 7) is 5.15. The van der Waals surface area contributed by atoms with E-state index in [1.165, 1.54) is 11.8 Å². The van der Waals surface area contributed by atoms with Gasteiger partial charge >= 0.3 is 5.97 Å². The molecule has 0 amide bonds. The van der Waals surface area contributed by atoms with Crippen molar-refractivity contribution in [1.82, 2.24) is 19.1 Å². The second-order valence-corrected chi connectivity index (χ2v) is 12.8. The molecule has 246 valence electrons. The molecule has 0 saturated heterocycles. The van der Waals surface area contributed by atoms with Crippen LogP contribution in [0.3, 0.4) is 0 Å². The molecule has 11 heteroatoms. The third kappa shape index (κ3) is 7.06. The number of hydrogen-bond donors (Lipinski definition) is 0. The van der Waals surface area contributed by atoms with E-state index >= 15 is 0 Å². The van der Waals surface area contributed by atoms with Crippen LogP contribution in [0.5, 0.6) is 0 Å². The van der Waals surface area contributed by atoms with E-state index in [1.54, 1.807) is 6.07 Å². The van der Waals surface area contributed by atoms with Gasteiger partial charge in [-0.25, -0.2) is 14.8 Å². The van der Waals surface area contributed by atoms with E-state index in [9.17, 15) is 14.9 Å². The number of ether oxygens (including phenoxy) is 1. The summed E-state index contributed by atoms with van der Waals surface area (Å²) in [7, 11) is 2.06. The van der Waals surface area contributed by atoms with Gasteiger partial charge in [-0.2, -0.15) is 11.8 Å². The van der Waals surface area contributed by atoms with Crippen LogP contribution < -0.4 is 0 Å².